The first-order chi connectivity index (χ1) is 24.4. The smallest absolute Gasteiger partial charge is 0.304 e. The third-order valence-corrected chi connectivity index (χ3v) is 13.0. The summed E-state index contributed by atoms with van der Waals surface area (Å²) >= 11 is 27.8. The number of thiophene rings is 2. The van der Waals surface area contributed by atoms with Crippen molar-refractivity contribution in [2.24, 2.45) is 0 Å². The first-order valence-corrected chi connectivity index (χ1v) is 19.9. The van der Waals surface area contributed by atoms with Gasteiger partial charge in [-0.2, -0.15) is 18.6 Å². The second kappa shape index (κ2) is 13.0. The molecule has 0 atom stereocenters. The van der Waals surface area contributed by atoms with Crippen molar-refractivity contribution in [2.45, 2.75) is 23.5 Å². The van der Waals surface area contributed by atoms with Crippen LogP contribution in [0.5, 0.6) is 0 Å². The summed E-state index contributed by atoms with van der Waals surface area (Å²) in [7, 11) is -4.43. The zero-order valence-electron chi connectivity index (χ0n) is 25.8. The molecule has 3 N–H and O–H groups in total. The van der Waals surface area contributed by atoms with Gasteiger partial charge in [-0.15, -0.1) is 22.7 Å². The molecule has 2 amide bonds. The van der Waals surface area contributed by atoms with Crippen molar-refractivity contribution in [3.63, 3.8) is 0 Å². The summed E-state index contributed by atoms with van der Waals surface area (Å²) in [5.74, 6) is -0.794. The van der Waals surface area contributed by atoms with Crippen LogP contribution in [0.3, 0.4) is 0 Å². The molecule has 11 nitrogen and oxygen atoms in total. The highest BCUT2D eigenvalue weighted by Crippen LogP contribution is 2.46. The zero-order chi connectivity index (χ0) is 35.8. The van der Waals surface area contributed by atoms with Gasteiger partial charge in [0.25, 0.3) is 11.8 Å². The van der Waals surface area contributed by atoms with Crippen molar-refractivity contribution in [1.29, 1.82) is 0 Å². The lowest BCUT2D eigenvalue weighted by atomic mass is 10.1. The monoisotopic (exact) mass is 818 g/mol. The summed E-state index contributed by atoms with van der Waals surface area (Å²) in [5, 5.41) is 18.6. The van der Waals surface area contributed by atoms with Crippen LogP contribution in [0, 0.1) is 0 Å². The van der Waals surface area contributed by atoms with E-state index in [0.717, 1.165) is 33.0 Å². The van der Waals surface area contributed by atoms with Gasteiger partial charge in [0.2, 0.25) is 0 Å². The lowest BCUT2D eigenvalue weighted by molar-refractivity contribution is 0.0945. The van der Waals surface area contributed by atoms with Crippen molar-refractivity contribution in [1.82, 2.24) is 30.2 Å². The number of fused-ring (bicyclic) bond motifs is 6. The molecule has 0 saturated carbocycles. The summed E-state index contributed by atoms with van der Waals surface area (Å²) in [6, 6.07) is 13.3. The Bertz CT molecular complexity index is 2560. The van der Waals surface area contributed by atoms with Crippen LogP contribution >= 0.6 is 69.1 Å². The van der Waals surface area contributed by atoms with Gasteiger partial charge in [-0.05, 0) is 60.3 Å². The fraction of sp³-hybridized carbons (Fsp3) is 0.152. The van der Waals surface area contributed by atoms with Crippen molar-refractivity contribution in [3.05, 3.63) is 106 Å². The number of carbonyl (C=O) groups excluding carboxylic acids is 2. The van der Waals surface area contributed by atoms with Gasteiger partial charge in [-0.1, -0.05) is 46.4 Å². The number of halogens is 4. The summed E-state index contributed by atoms with van der Waals surface area (Å²) in [5.41, 5.74) is 5.77. The van der Waals surface area contributed by atoms with Crippen molar-refractivity contribution < 1.29 is 22.6 Å². The van der Waals surface area contributed by atoms with Gasteiger partial charge in [-0.3, -0.25) is 14.1 Å². The van der Waals surface area contributed by atoms with E-state index in [1.54, 1.807) is 52.4 Å². The Morgan fingerprint density at radius 2 is 1.29 bits per heavy atom. The predicted molar refractivity (Wildman–Crippen MR) is 199 cm³/mol. The number of hydrogen-bond donors (Lipinski definition) is 3. The van der Waals surface area contributed by atoms with Gasteiger partial charge >= 0.3 is 10.1 Å². The average Bonchev–Trinajstić information content (AvgIpc) is 3.89. The second-order valence-electron chi connectivity index (χ2n) is 11.7. The summed E-state index contributed by atoms with van der Waals surface area (Å²) < 4.78 is 36.4. The summed E-state index contributed by atoms with van der Waals surface area (Å²) in [6.45, 7) is 0.480. The Morgan fingerprint density at radius 1 is 0.765 bits per heavy atom. The quantitative estimate of drug-likeness (QED) is 0.0998. The molecule has 51 heavy (non-hydrogen) atoms. The highest BCUT2D eigenvalue weighted by atomic mass is 35.5. The van der Waals surface area contributed by atoms with E-state index in [4.69, 9.17) is 46.4 Å². The molecule has 18 heteroatoms. The molecular weight excluding hydrogens is 798 g/mol. The molecule has 0 unspecified atom stereocenters. The van der Waals surface area contributed by atoms with E-state index in [9.17, 15) is 22.6 Å². The predicted octanol–water partition coefficient (Wildman–Crippen LogP) is 7.73. The highest BCUT2D eigenvalue weighted by molar-refractivity contribution is 7.88. The molecule has 0 bridgehead atoms. The van der Waals surface area contributed by atoms with Crippen LogP contribution in [0.15, 0.2) is 58.1 Å². The van der Waals surface area contributed by atoms with E-state index in [1.165, 1.54) is 10.7 Å². The van der Waals surface area contributed by atoms with E-state index < -0.39 is 16.0 Å². The number of hydrogen-bond acceptors (Lipinski definition) is 8. The Morgan fingerprint density at radius 3 is 1.82 bits per heavy atom. The Kier molecular flexibility index (Phi) is 8.79. The number of carbonyl (C=O) groups is 2. The standard InChI is InChI=1S/C33H22Cl4N6O5S3/c34-15-2-4-23(21(36)10-15)42-30-17-6-9-49-25(17)12-19(30)28(40-42)32(44)38-7-1-8-39-33(45)29-20-13-26-18(14-27(50-26)51(46,47)48)31(20)43(41-29)24-5-3-16(35)11-22(24)37/h2-6,9-11,14H,1,7-8,12-13H2,(H,38,44)(H,39,45)(H,46,47,48). The van der Waals surface area contributed by atoms with Crippen LogP contribution in [0.2, 0.25) is 20.1 Å². The maximum atomic E-state index is 13.5. The Labute approximate surface area is 318 Å². The van der Waals surface area contributed by atoms with E-state index in [-0.39, 0.29) is 40.3 Å². The average molecular weight is 821 g/mol. The van der Waals surface area contributed by atoms with Gasteiger partial charge in [0.1, 0.15) is 4.21 Å². The molecule has 0 spiro atoms. The number of nitrogens with zero attached hydrogens (tertiary/aromatic N) is 4. The minimum Gasteiger partial charge on any atom is -0.351 e. The molecule has 2 aliphatic rings. The van der Waals surface area contributed by atoms with Gasteiger partial charge < -0.3 is 10.6 Å². The van der Waals surface area contributed by atoms with Gasteiger partial charge in [0, 0.05) is 68.0 Å². The minimum absolute atomic E-state index is 0.145. The molecule has 4 aromatic heterocycles. The van der Waals surface area contributed by atoms with Crippen molar-refractivity contribution >= 4 is 91.0 Å². The molecule has 0 radical (unpaired) electrons. The molecular formula is C33H22Cl4N6O5S3. The fourth-order valence-electron chi connectivity index (χ4n) is 6.34. The third kappa shape index (κ3) is 6.07. The first-order valence-electron chi connectivity index (χ1n) is 15.3. The molecule has 260 valence electrons. The first kappa shape index (κ1) is 34.4. The van der Waals surface area contributed by atoms with Crippen LogP contribution in [0.1, 0.15) is 48.3 Å². The molecule has 2 aliphatic carbocycles. The van der Waals surface area contributed by atoms with E-state index in [1.807, 2.05) is 11.4 Å². The topological polar surface area (TPSA) is 148 Å². The number of nitrogens with one attached hydrogen (secondary N) is 2. The van der Waals surface area contributed by atoms with Crippen LogP contribution < -0.4 is 10.6 Å². The molecule has 0 aliphatic heterocycles. The summed E-state index contributed by atoms with van der Waals surface area (Å²) in [6.07, 6.45) is 1.22. The van der Waals surface area contributed by atoms with E-state index >= 15 is 0 Å². The molecule has 6 aromatic rings. The van der Waals surface area contributed by atoms with Crippen LogP contribution in [-0.2, 0) is 23.0 Å². The normalized spacial score (nSPS) is 12.8. The zero-order valence-corrected chi connectivity index (χ0v) is 31.3. The molecule has 8 rings (SSSR count). The van der Waals surface area contributed by atoms with Gasteiger partial charge in [0.15, 0.2) is 11.4 Å². The Hall–Kier alpha value is -3.73. The molecule has 0 saturated heterocycles. The molecule has 2 aromatic carbocycles. The van der Waals surface area contributed by atoms with Gasteiger partial charge in [0.05, 0.1) is 32.8 Å². The number of benzene rings is 2. The maximum absolute atomic E-state index is 13.5. The fourth-order valence-corrected chi connectivity index (χ4v) is 10.1. The third-order valence-electron chi connectivity index (χ3n) is 8.57. The number of rotatable bonds is 9. The lowest BCUT2D eigenvalue weighted by Crippen LogP contribution is -2.31. The number of aromatic nitrogens is 4. The highest BCUT2D eigenvalue weighted by Gasteiger charge is 2.35. The minimum atomic E-state index is -4.43. The lowest BCUT2D eigenvalue weighted by Gasteiger charge is -2.09. The second-order valence-corrected chi connectivity index (χ2v) is 17.2. The van der Waals surface area contributed by atoms with E-state index in [2.05, 4.69) is 20.8 Å². The van der Waals surface area contributed by atoms with Crippen LogP contribution in [0.25, 0.3) is 33.9 Å². The molecule has 4 heterocycles. The SMILES string of the molecule is O=C(NCCCNC(=O)c1nn(-c2ccc(Cl)cc2Cl)c2c1Cc1sc(S(=O)(=O)O)cc1-2)c1nn(-c2ccc(Cl)cc2Cl)c2c1Cc1sccc1-2. The Balaban J connectivity index is 0.980. The van der Waals surface area contributed by atoms with Crippen LogP contribution in [-0.4, -0.2) is 57.4 Å². The molecule has 0 fully saturated rings. The summed E-state index contributed by atoms with van der Waals surface area (Å²) in [4.78, 5) is 28.8. The van der Waals surface area contributed by atoms with Crippen molar-refractivity contribution in [2.75, 3.05) is 13.1 Å². The number of amides is 2. The van der Waals surface area contributed by atoms with Gasteiger partial charge in [-0.25, -0.2) is 9.36 Å². The van der Waals surface area contributed by atoms with Crippen molar-refractivity contribution in [3.8, 4) is 33.9 Å². The van der Waals surface area contributed by atoms with Crippen LogP contribution in [0.4, 0.5) is 0 Å². The largest absolute Gasteiger partial charge is 0.351 e. The van der Waals surface area contributed by atoms with E-state index in [0.29, 0.717) is 66.7 Å². The maximum Gasteiger partial charge on any atom is 0.304 e.